The van der Waals surface area contributed by atoms with Gasteiger partial charge in [-0.3, -0.25) is 0 Å². The van der Waals surface area contributed by atoms with Crippen molar-refractivity contribution in [2.24, 2.45) is 0 Å². The third-order valence-corrected chi connectivity index (χ3v) is 10.3. The van der Waals surface area contributed by atoms with Crippen molar-refractivity contribution in [1.82, 2.24) is 0 Å². The Morgan fingerprint density at radius 3 is 2.33 bits per heavy atom. The number of hydrogen-bond donors (Lipinski definition) is 0. The van der Waals surface area contributed by atoms with Crippen LogP contribution in [0.5, 0.6) is 0 Å². The minimum atomic E-state index is 0. The van der Waals surface area contributed by atoms with Crippen molar-refractivity contribution in [3.8, 4) is 33.4 Å². The third kappa shape index (κ3) is 3.82. The van der Waals surface area contributed by atoms with Gasteiger partial charge in [-0.15, -0.1) is 50.6 Å². The first-order valence-electron chi connectivity index (χ1n) is 14.5. The number of anilines is 1. The van der Waals surface area contributed by atoms with Crippen molar-refractivity contribution in [3.63, 3.8) is 0 Å². The van der Waals surface area contributed by atoms with Crippen LogP contribution in [0.2, 0.25) is 0 Å². The second kappa shape index (κ2) is 9.57. The van der Waals surface area contributed by atoms with E-state index in [1.54, 1.807) is 0 Å². The van der Waals surface area contributed by atoms with Crippen molar-refractivity contribution in [1.29, 1.82) is 0 Å². The van der Waals surface area contributed by atoms with Gasteiger partial charge in [-0.05, 0) is 34.9 Å². The molecule has 1 fully saturated rings. The smallest absolute Gasteiger partial charge is 0.362 e. The Morgan fingerprint density at radius 1 is 0.651 bits per heavy atom. The van der Waals surface area contributed by atoms with Gasteiger partial charge in [-0.2, -0.15) is 18.2 Å². The van der Waals surface area contributed by atoms with Crippen molar-refractivity contribution >= 4 is 58.7 Å². The van der Waals surface area contributed by atoms with Crippen LogP contribution in [0.15, 0.2) is 121 Å². The first-order chi connectivity index (χ1) is 20.8. The second-order valence-corrected chi connectivity index (χ2v) is 12.6. The molecule has 7 aromatic carbocycles. The maximum Gasteiger partial charge on any atom is 2.00 e. The molecule has 1 nitrogen and oxygen atoms in total. The molecule has 1 unspecified atom stereocenters. The molecule has 2 aliphatic rings. The Hall–Kier alpha value is -3.87. The largest absolute Gasteiger partial charge is 2.00 e. The van der Waals surface area contributed by atoms with Crippen molar-refractivity contribution in [2.75, 3.05) is 11.4 Å². The maximum atomic E-state index is 3.93. The number of hydrogen-bond acceptors (Lipinski definition) is 2. The van der Waals surface area contributed by atoms with E-state index >= 15 is 0 Å². The van der Waals surface area contributed by atoms with Crippen LogP contribution in [0.4, 0.5) is 5.69 Å². The normalized spacial score (nSPS) is 14.9. The molecule has 0 aliphatic carbocycles. The number of benzene rings is 7. The van der Waals surface area contributed by atoms with E-state index in [0.717, 1.165) is 17.7 Å². The standard InChI is InChI=1S/C40H23NS.U/c1-2-9-32-29(7-1)34(22-35-37-23-41(37)36-11-5-3-10-33(36)40(32)35)27-16-14-24-13-15-25(19-28(24)20-27)26-17-18-31-30-8-4-6-12-38(30)42-39(31)21-26;/h1-15,17-21,37H,23H2;/q-2;+2. The van der Waals surface area contributed by atoms with Gasteiger partial charge < -0.3 is 4.90 Å². The predicted octanol–water partition coefficient (Wildman–Crippen LogP) is 10.8. The summed E-state index contributed by atoms with van der Waals surface area (Å²) in [5, 5.41) is 7.65. The van der Waals surface area contributed by atoms with E-state index in [0.29, 0.717) is 6.04 Å². The number of rotatable bonds is 2. The van der Waals surface area contributed by atoms with Crippen LogP contribution < -0.4 is 4.90 Å². The van der Waals surface area contributed by atoms with Crippen molar-refractivity contribution < 1.29 is 31.1 Å². The number of para-hydroxylation sites is 1. The molecule has 3 heterocycles. The molecule has 1 aromatic heterocycles. The van der Waals surface area contributed by atoms with E-state index < -0.39 is 0 Å². The summed E-state index contributed by atoms with van der Waals surface area (Å²) in [6.07, 6.45) is 0. The summed E-state index contributed by atoms with van der Waals surface area (Å²) in [6.45, 7) is 1.06. The molecule has 0 bridgehead atoms. The second-order valence-electron chi connectivity index (χ2n) is 11.5. The van der Waals surface area contributed by atoms with Crippen LogP contribution in [0.3, 0.4) is 0 Å². The van der Waals surface area contributed by atoms with Crippen LogP contribution in [0.1, 0.15) is 11.6 Å². The van der Waals surface area contributed by atoms with E-state index in [1.807, 2.05) is 11.3 Å². The van der Waals surface area contributed by atoms with Crippen LogP contribution in [0, 0.1) is 43.2 Å². The van der Waals surface area contributed by atoms with Gasteiger partial charge in [0.1, 0.15) is 0 Å². The van der Waals surface area contributed by atoms with E-state index in [1.165, 1.54) is 75.2 Å². The summed E-state index contributed by atoms with van der Waals surface area (Å²) in [5.41, 5.74) is 10.1. The SMILES string of the molecule is [U+2].[c-]1cc2ccc(-c3ccc4c(c3)sc3ccccc34)cc2cc1-c1[c-]c2c(c3ccccc13)-c1ccccc1N1CC21. The molecular formula is C40H23NSU. The molecule has 1 saturated heterocycles. The van der Waals surface area contributed by atoms with Gasteiger partial charge in [0.2, 0.25) is 0 Å². The third-order valence-electron chi connectivity index (χ3n) is 9.17. The zero-order chi connectivity index (χ0) is 27.4. The van der Waals surface area contributed by atoms with Crippen LogP contribution in [-0.2, 0) is 0 Å². The molecule has 1 atom stereocenters. The molecule has 10 rings (SSSR count). The van der Waals surface area contributed by atoms with Crippen LogP contribution in [0.25, 0.3) is 75.1 Å². The van der Waals surface area contributed by atoms with Crippen molar-refractivity contribution in [3.05, 3.63) is 139 Å². The predicted molar refractivity (Wildman–Crippen MR) is 178 cm³/mol. The molecule has 198 valence electrons. The van der Waals surface area contributed by atoms with E-state index in [2.05, 4.69) is 138 Å². The molecular weight excluding hydrogens is 765 g/mol. The Labute approximate surface area is 277 Å². The average Bonchev–Trinajstić information content (AvgIpc) is 3.78. The molecule has 0 N–H and O–H groups in total. The molecule has 0 saturated carbocycles. The summed E-state index contributed by atoms with van der Waals surface area (Å²) in [7, 11) is 0. The molecule has 0 spiro atoms. The maximum absolute atomic E-state index is 3.93. The Balaban J connectivity index is 0.00000260. The molecule has 8 aromatic rings. The fraction of sp³-hybridized carbons (Fsp3) is 0.0500. The molecule has 0 amide bonds. The van der Waals surface area contributed by atoms with Gasteiger partial charge in [0.05, 0.1) is 6.04 Å². The van der Waals surface area contributed by atoms with Gasteiger partial charge in [-0.1, -0.05) is 90.5 Å². The van der Waals surface area contributed by atoms with Gasteiger partial charge in [0.25, 0.3) is 0 Å². The summed E-state index contributed by atoms with van der Waals surface area (Å²) in [4.78, 5) is 2.50. The van der Waals surface area contributed by atoms with Gasteiger partial charge >= 0.3 is 31.1 Å². The number of nitrogens with zero attached hydrogens (tertiary/aromatic N) is 1. The molecule has 3 heteroatoms. The fourth-order valence-electron chi connectivity index (χ4n) is 7.08. The zero-order valence-corrected chi connectivity index (χ0v) is 28.2. The van der Waals surface area contributed by atoms with E-state index in [4.69, 9.17) is 0 Å². The van der Waals surface area contributed by atoms with Crippen molar-refractivity contribution in [2.45, 2.75) is 6.04 Å². The monoisotopic (exact) mass is 787 g/mol. The Morgan fingerprint density at radius 2 is 1.40 bits per heavy atom. The number of fused-ring (bicyclic) bond motifs is 12. The summed E-state index contributed by atoms with van der Waals surface area (Å²) >= 11 is 1.87. The fourth-order valence-corrected chi connectivity index (χ4v) is 8.23. The topological polar surface area (TPSA) is 3.01 Å². The summed E-state index contributed by atoms with van der Waals surface area (Å²) in [5.74, 6) is 0. The minimum Gasteiger partial charge on any atom is -0.362 e. The van der Waals surface area contributed by atoms with Gasteiger partial charge in [-0.25, -0.2) is 11.1 Å². The first-order valence-corrected chi connectivity index (χ1v) is 15.3. The summed E-state index contributed by atoms with van der Waals surface area (Å²) < 4.78 is 2.68. The molecule has 0 radical (unpaired) electrons. The average molecular weight is 788 g/mol. The molecule has 43 heavy (non-hydrogen) atoms. The van der Waals surface area contributed by atoms with E-state index in [-0.39, 0.29) is 31.1 Å². The zero-order valence-electron chi connectivity index (χ0n) is 23.2. The van der Waals surface area contributed by atoms with Crippen LogP contribution >= 0.6 is 11.3 Å². The Kier molecular flexibility index (Phi) is 5.70. The quantitative estimate of drug-likeness (QED) is 0.125. The van der Waals surface area contributed by atoms with Gasteiger partial charge in [0, 0.05) is 32.4 Å². The van der Waals surface area contributed by atoms with E-state index in [9.17, 15) is 0 Å². The first kappa shape index (κ1) is 25.6. The van der Waals surface area contributed by atoms with Crippen LogP contribution in [-0.4, -0.2) is 6.54 Å². The van der Waals surface area contributed by atoms with Gasteiger partial charge in [0.15, 0.2) is 0 Å². The molecule has 2 aliphatic heterocycles. The minimum absolute atomic E-state index is 0. The number of thiophene rings is 1. The Bertz CT molecular complexity index is 2420. The summed E-state index contributed by atoms with van der Waals surface area (Å²) in [6, 6.07) is 52.5.